The SMILES string of the molecule is O=C(CSc1nnc(-c2cccs2)n1CC1CCCO1)N(C1CCCCC1)C1CCCCC1. The molecule has 33 heavy (non-hydrogen) atoms. The third kappa shape index (κ3) is 5.65. The Bertz CT molecular complexity index is 864. The maximum atomic E-state index is 13.6. The summed E-state index contributed by atoms with van der Waals surface area (Å²) in [7, 11) is 0. The topological polar surface area (TPSA) is 60.3 Å². The van der Waals surface area contributed by atoms with E-state index in [2.05, 4.69) is 31.1 Å². The standard InChI is InChI=1S/C25H36N4O2S2/c30-23(29(19-9-3-1-4-10-19)20-11-5-2-6-12-20)18-33-25-27-26-24(22-14-8-16-32-22)28(25)17-21-13-7-15-31-21/h8,14,16,19-21H,1-7,9-13,15,17-18H2. The van der Waals surface area contributed by atoms with Crippen LogP contribution in [0, 0.1) is 0 Å². The number of ether oxygens (including phenoxy) is 1. The second-order valence-electron chi connectivity index (χ2n) is 9.70. The average molecular weight is 489 g/mol. The molecule has 1 unspecified atom stereocenters. The van der Waals surface area contributed by atoms with Gasteiger partial charge in [-0.15, -0.1) is 21.5 Å². The molecule has 3 fully saturated rings. The fourth-order valence-corrected chi connectivity index (χ4v) is 7.30. The Hall–Kier alpha value is -1.38. The largest absolute Gasteiger partial charge is 0.376 e. The van der Waals surface area contributed by atoms with Gasteiger partial charge in [-0.3, -0.25) is 9.36 Å². The first kappa shape index (κ1) is 23.4. The van der Waals surface area contributed by atoms with Crippen LogP contribution in [0.15, 0.2) is 22.7 Å². The van der Waals surface area contributed by atoms with E-state index in [0.29, 0.717) is 23.7 Å². The van der Waals surface area contributed by atoms with Crippen molar-refractivity contribution in [2.45, 2.75) is 107 Å². The van der Waals surface area contributed by atoms with E-state index in [-0.39, 0.29) is 6.10 Å². The van der Waals surface area contributed by atoms with Crippen molar-refractivity contribution in [1.29, 1.82) is 0 Å². The summed E-state index contributed by atoms with van der Waals surface area (Å²) < 4.78 is 8.10. The minimum absolute atomic E-state index is 0.204. The van der Waals surface area contributed by atoms with Crippen molar-refractivity contribution in [3.8, 4) is 10.7 Å². The van der Waals surface area contributed by atoms with Crippen LogP contribution < -0.4 is 0 Å². The van der Waals surface area contributed by atoms with Crippen molar-refractivity contribution < 1.29 is 9.53 Å². The van der Waals surface area contributed by atoms with Crippen LogP contribution in [-0.4, -0.2) is 56.1 Å². The maximum Gasteiger partial charge on any atom is 0.233 e. The number of hydrogen-bond acceptors (Lipinski definition) is 6. The van der Waals surface area contributed by atoms with Gasteiger partial charge in [-0.25, -0.2) is 0 Å². The lowest BCUT2D eigenvalue weighted by Crippen LogP contribution is -2.49. The second-order valence-corrected chi connectivity index (χ2v) is 11.6. The molecule has 0 radical (unpaired) electrons. The van der Waals surface area contributed by atoms with Gasteiger partial charge in [0, 0.05) is 18.7 Å². The molecular formula is C25H36N4O2S2. The van der Waals surface area contributed by atoms with E-state index >= 15 is 0 Å². The summed E-state index contributed by atoms with van der Waals surface area (Å²) in [6.07, 6.45) is 14.7. The molecule has 5 rings (SSSR count). The average Bonchev–Trinajstić information content (AvgIpc) is 3.63. The van der Waals surface area contributed by atoms with Crippen molar-refractivity contribution in [1.82, 2.24) is 19.7 Å². The number of thioether (sulfide) groups is 1. The van der Waals surface area contributed by atoms with Gasteiger partial charge in [0.25, 0.3) is 0 Å². The van der Waals surface area contributed by atoms with Crippen LogP contribution in [0.5, 0.6) is 0 Å². The van der Waals surface area contributed by atoms with Gasteiger partial charge in [-0.1, -0.05) is 56.4 Å². The normalized spacial score (nSPS) is 22.6. The highest BCUT2D eigenvalue weighted by molar-refractivity contribution is 7.99. The Balaban J connectivity index is 1.31. The minimum atomic E-state index is 0.204. The zero-order chi connectivity index (χ0) is 22.5. The number of carbonyl (C=O) groups is 1. The van der Waals surface area contributed by atoms with Crippen LogP contribution in [0.2, 0.25) is 0 Å². The Labute approximate surface area is 205 Å². The van der Waals surface area contributed by atoms with E-state index < -0.39 is 0 Å². The molecule has 1 aliphatic heterocycles. The van der Waals surface area contributed by atoms with Gasteiger partial charge in [0.1, 0.15) is 0 Å². The summed E-state index contributed by atoms with van der Waals surface area (Å²) in [6, 6.07) is 5.00. The van der Waals surface area contributed by atoms with Crippen LogP contribution in [0.25, 0.3) is 10.7 Å². The first-order chi connectivity index (χ1) is 16.3. The molecule has 180 valence electrons. The predicted molar refractivity (Wildman–Crippen MR) is 134 cm³/mol. The van der Waals surface area contributed by atoms with Crippen LogP contribution >= 0.6 is 23.1 Å². The Morgan fingerprint density at radius 1 is 1.03 bits per heavy atom. The summed E-state index contributed by atoms with van der Waals surface area (Å²) >= 11 is 3.24. The molecule has 0 N–H and O–H groups in total. The molecule has 1 atom stereocenters. The molecule has 3 heterocycles. The van der Waals surface area contributed by atoms with E-state index in [1.54, 1.807) is 23.1 Å². The summed E-state index contributed by atoms with van der Waals surface area (Å²) in [5.41, 5.74) is 0. The summed E-state index contributed by atoms with van der Waals surface area (Å²) in [5.74, 6) is 1.64. The molecule has 0 spiro atoms. The van der Waals surface area contributed by atoms with Gasteiger partial charge in [0.15, 0.2) is 11.0 Å². The van der Waals surface area contributed by atoms with Crippen molar-refractivity contribution in [2.75, 3.05) is 12.4 Å². The van der Waals surface area contributed by atoms with E-state index in [1.807, 2.05) is 6.07 Å². The summed E-state index contributed by atoms with van der Waals surface area (Å²) in [4.78, 5) is 17.1. The summed E-state index contributed by atoms with van der Waals surface area (Å²) in [5, 5.41) is 12.0. The van der Waals surface area contributed by atoms with Gasteiger partial charge < -0.3 is 9.64 Å². The molecule has 8 heteroatoms. The molecule has 1 amide bonds. The summed E-state index contributed by atoms with van der Waals surface area (Å²) in [6.45, 7) is 1.59. The van der Waals surface area contributed by atoms with E-state index in [0.717, 1.165) is 41.9 Å². The Morgan fingerprint density at radius 2 is 1.76 bits per heavy atom. The lowest BCUT2D eigenvalue weighted by Gasteiger charge is -2.41. The molecule has 3 aliphatic rings. The number of nitrogens with zero attached hydrogens (tertiary/aromatic N) is 4. The zero-order valence-corrected chi connectivity index (χ0v) is 21.1. The smallest absolute Gasteiger partial charge is 0.233 e. The van der Waals surface area contributed by atoms with E-state index in [4.69, 9.17) is 4.74 Å². The third-order valence-corrected chi connectivity index (χ3v) is 9.23. The van der Waals surface area contributed by atoms with E-state index in [1.165, 1.54) is 64.2 Å². The van der Waals surface area contributed by atoms with Crippen molar-refractivity contribution >= 4 is 29.0 Å². The number of carbonyl (C=O) groups excluding carboxylic acids is 1. The predicted octanol–water partition coefficient (Wildman–Crippen LogP) is 5.77. The van der Waals surface area contributed by atoms with Gasteiger partial charge in [0.05, 0.1) is 23.3 Å². The van der Waals surface area contributed by atoms with Gasteiger partial charge in [-0.05, 0) is 50.0 Å². The molecule has 2 saturated carbocycles. The first-order valence-corrected chi connectivity index (χ1v) is 14.7. The molecule has 0 aromatic carbocycles. The zero-order valence-electron chi connectivity index (χ0n) is 19.5. The van der Waals surface area contributed by atoms with Crippen molar-refractivity contribution in [2.24, 2.45) is 0 Å². The van der Waals surface area contributed by atoms with Gasteiger partial charge >= 0.3 is 0 Å². The van der Waals surface area contributed by atoms with Gasteiger partial charge in [-0.2, -0.15) is 0 Å². The van der Waals surface area contributed by atoms with Crippen molar-refractivity contribution in [3.05, 3.63) is 17.5 Å². The molecule has 2 aromatic heterocycles. The molecule has 2 aromatic rings. The highest BCUT2D eigenvalue weighted by atomic mass is 32.2. The Morgan fingerprint density at radius 3 is 2.36 bits per heavy atom. The minimum Gasteiger partial charge on any atom is -0.376 e. The third-order valence-electron chi connectivity index (χ3n) is 7.42. The first-order valence-electron chi connectivity index (χ1n) is 12.8. The van der Waals surface area contributed by atoms with E-state index in [9.17, 15) is 4.79 Å². The second kappa shape index (κ2) is 11.4. The molecule has 6 nitrogen and oxygen atoms in total. The quantitative estimate of drug-likeness (QED) is 0.441. The molecule has 0 bridgehead atoms. The number of hydrogen-bond donors (Lipinski definition) is 0. The number of rotatable bonds is 8. The lowest BCUT2D eigenvalue weighted by molar-refractivity contribution is -0.135. The highest BCUT2D eigenvalue weighted by Gasteiger charge is 2.33. The number of thiophene rings is 1. The van der Waals surface area contributed by atoms with Crippen LogP contribution in [-0.2, 0) is 16.1 Å². The molecule has 2 aliphatic carbocycles. The molecule has 1 saturated heterocycles. The van der Waals surface area contributed by atoms with Crippen LogP contribution in [0.1, 0.15) is 77.0 Å². The Kier molecular flexibility index (Phi) is 8.05. The number of amides is 1. The van der Waals surface area contributed by atoms with Gasteiger partial charge in [0.2, 0.25) is 5.91 Å². The maximum absolute atomic E-state index is 13.6. The van der Waals surface area contributed by atoms with Crippen molar-refractivity contribution in [3.63, 3.8) is 0 Å². The monoisotopic (exact) mass is 488 g/mol. The molecular weight excluding hydrogens is 452 g/mol. The number of aromatic nitrogens is 3. The highest BCUT2D eigenvalue weighted by Crippen LogP contribution is 2.33. The van der Waals surface area contributed by atoms with Crippen LogP contribution in [0.4, 0.5) is 0 Å². The lowest BCUT2D eigenvalue weighted by atomic mass is 9.88. The van der Waals surface area contributed by atoms with Crippen LogP contribution in [0.3, 0.4) is 0 Å². The fraction of sp³-hybridized carbons (Fsp3) is 0.720. The fourth-order valence-electron chi connectivity index (χ4n) is 5.76.